The number of anilines is 1. The van der Waals surface area contributed by atoms with Crippen LogP contribution in [0.3, 0.4) is 0 Å². The van der Waals surface area contributed by atoms with E-state index in [0.29, 0.717) is 17.7 Å². The number of nitrogens with two attached hydrogens (primary N) is 1. The molecule has 21 heavy (non-hydrogen) atoms. The summed E-state index contributed by atoms with van der Waals surface area (Å²) in [5.74, 6) is -0.417. The number of hydrogen-bond acceptors (Lipinski definition) is 6. The molecule has 116 valence electrons. The van der Waals surface area contributed by atoms with Gasteiger partial charge in [0.05, 0.1) is 12.7 Å². The van der Waals surface area contributed by atoms with Gasteiger partial charge in [0.15, 0.2) is 0 Å². The van der Waals surface area contributed by atoms with Crippen LogP contribution in [0.4, 0.5) is 5.69 Å². The Kier molecular flexibility index (Phi) is 8.49. The fraction of sp³-hybridized carbons (Fsp3) is 0.429. The first-order valence-corrected chi connectivity index (χ1v) is 7.62. The third-order valence-electron chi connectivity index (χ3n) is 2.86. The SMILES string of the molecule is COC(=O)c1ccc(NC(=O)CCCCCNSN)cc1. The van der Waals surface area contributed by atoms with Gasteiger partial charge >= 0.3 is 5.97 Å². The molecule has 0 aliphatic rings. The van der Waals surface area contributed by atoms with Crippen molar-refractivity contribution in [3.8, 4) is 0 Å². The Labute approximate surface area is 129 Å². The topological polar surface area (TPSA) is 93.4 Å². The second-order valence-electron chi connectivity index (χ2n) is 4.44. The Balaban J connectivity index is 2.26. The van der Waals surface area contributed by atoms with Crippen molar-refractivity contribution in [1.82, 2.24) is 4.72 Å². The van der Waals surface area contributed by atoms with E-state index in [9.17, 15) is 9.59 Å². The predicted octanol–water partition coefficient (Wildman–Crippen LogP) is 2.08. The summed E-state index contributed by atoms with van der Waals surface area (Å²) in [7, 11) is 1.33. The van der Waals surface area contributed by atoms with Crippen LogP contribution >= 0.6 is 12.1 Å². The number of carbonyl (C=O) groups is 2. The first-order valence-electron chi connectivity index (χ1n) is 6.74. The maximum atomic E-state index is 11.7. The smallest absolute Gasteiger partial charge is 0.337 e. The van der Waals surface area contributed by atoms with Crippen LogP contribution in [-0.2, 0) is 9.53 Å². The van der Waals surface area contributed by atoms with E-state index in [2.05, 4.69) is 14.8 Å². The van der Waals surface area contributed by atoms with Crippen LogP contribution in [0.5, 0.6) is 0 Å². The maximum Gasteiger partial charge on any atom is 0.337 e. The van der Waals surface area contributed by atoms with Crippen LogP contribution in [0.15, 0.2) is 24.3 Å². The summed E-state index contributed by atoms with van der Waals surface area (Å²) in [6.07, 6.45) is 3.28. The highest BCUT2D eigenvalue weighted by atomic mass is 32.2. The Bertz CT molecular complexity index is 451. The normalized spacial score (nSPS) is 10.2. The second kappa shape index (κ2) is 10.2. The molecule has 0 heterocycles. The van der Waals surface area contributed by atoms with Gasteiger partial charge in [0.2, 0.25) is 5.91 Å². The largest absolute Gasteiger partial charge is 0.465 e. The molecule has 0 atom stereocenters. The number of hydrogen-bond donors (Lipinski definition) is 3. The highest BCUT2D eigenvalue weighted by molar-refractivity contribution is 7.95. The van der Waals surface area contributed by atoms with Gasteiger partial charge in [-0.2, -0.15) is 0 Å². The standard InChI is InChI=1S/C14H21N3O3S/c1-20-14(19)11-6-8-12(9-7-11)17-13(18)5-3-2-4-10-16-21-15/h6-9,16H,2-5,10,15H2,1H3,(H,17,18). The van der Waals surface area contributed by atoms with Crippen LogP contribution in [-0.4, -0.2) is 25.5 Å². The molecule has 0 aliphatic carbocycles. The number of rotatable bonds is 9. The monoisotopic (exact) mass is 311 g/mol. The number of ether oxygens (including phenoxy) is 1. The zero-order valence-electron chi connectivity index (χ0n) is 12.1. The van der Waals surface area contributed by atoms with Gasteiger partial charge in [-0.15, -0.1) is 0 Å². The zero-order valence-corrected chi connectivity index (χ0v) is 12.9. The van der Waals surface area contributed by atoms with E-state index < -0.39 is 5.97 Å². The molecule has 0 aromatic heterocycles. The van der Waals surface area contributed by atoms with E-state index in [1.807, 2.05) is 0 Å². The van der Waals surface area contributed by atoms with E-state index >= 15 is 0 Å². The van der Waals surface area contributed by atoms with E-state index in [0.717, 1.165) is 37.9 Å². The summed E-state index contributed by atoms with van der Waals surface area (Å²) < 4.78 is 7.56. The summed E-state index contributed by atoms with van der Waals surface area (Å²) in [6, 6.07) is 6.62. The third-order valence-corrected chi connectivity index (χ3v) is 3.23. The molecule has 0 radical (unpaired) electrons. The van der Waals surface area contributed by atoms with Crippen molar-refractivity contribution in [1.29, 1.82) is 0 Å². The lowest BCUT2D eigenvalue weighted by Crippen LogP contribution is -2.12. The summed E-state index contributed by atoms with van der Waals surface area (Å²) in [5.41, 5.74) is 1.13. The van der Waals surface area contributed by atoms with Crippen molar-refractivity contribution >= 4 is 29.7 Å². The molecule has 0 saturated heterocycles. The minimum Gasteiger partial charge on any atom is -0.465 e. The Morgan fingerprint density at radius 2 is 1.90 bits per heavy atom. The van der Waals surface area contributed by atoms with Crippen molar-refractivity contribution in [2.24, 2.45) is 5.14 Å². The van der Waals surface area contributed by atoms with Gasteiger partial charge in [-0.1, -0.05) is 6.42 Å². The number of carbonyl (C=O) groups excluding carboxylic acids is 2. The van der Waals surface area contributed by atoms with Gasteiger partial charge in [0.25, 0.3) is 0 Å². The molecule has 0 bridgehead atoms. The lowest BCUT2D eigenvalue weighted by molar-refractivity contribution is -0.116. The van der Waals surface area contributed by atoms with Gasteiger partial charge < -0.3 is 10.1 Å². The van der Waals surface area contributed by atoms with Crippen molar-refractivity contribution in [3.05, 3.63) is 29.8 Å². The average Bonchev–Trinajstić information content (AvgIpc) is 2.50. The van der Waals surface area contributed by atoms with Crippen molar-refractivity contribution in [2.75, 3.05) is 19.0 Å². The molecule has 7 heteroatoms. The first-order chi connectivity index (χ1) is 10.2. The quantitative estimate of drug-likeness (QED) is 0.367. The molecular weight excluding hydrogens is 290 g/mol. The molecule has 0 fully saturated rings. The molecule has 4 N–H and O–H groups in total. The minimum atomic E-state index is -0.392. The highest BCUT2D eigenvalue weighted by Gasteiger charge is 2.06. The lowest BCUT2D eigenvalue weighted by atomic mass is 10.1. The molecule has 0 spiro atoms. The van der Waals surface area contributed by atoms with Crippen LogP contribution in [0.1, 0.15) is 36.0 Å². The fourth-order valence-corrected chi connectivity index (χ4v) is 2.01. The second-order valence-corrected chi connectivity index (χ2v) is 4.96. The molecule has 0 unspecified atom stereocenters. The molecule has 0 aliphatic heterocycles. The molecule has 0 saturated carbocycles. The minimum absolute atomic E-state index is 0.0259. The molecular formula is C14H21N3O3S. The number of benzene rings is 1. The van der Waals surface area contributed by atoms with Crippen molar-refractivity contribution < 1.29 is 14.3 Å². The summed E-state index contributed by atoms with van der Waals surface area (Å²) in [4.78, 5) is 23.0. The zero-order chi connectivity index (χ0) is 15.5. The first kappa shape index (κ1) is 17.5. The van der Waals surface area contributed by atoms with Gasteiger partial charge in [-0.05, 0) is 37.1 Å². The third kappa shape index (κ3) is 7.12. The molecule has 1 amide bonds. The van der Waals surface area contributed by atoms with Gasteiger partial charge in [-0.3, -0.25) is 14.7 Å². The number of esters is 1. The summed E-state index contributed by atoms with van der Waals surface area (Å²) in [5, 5.41) is 8.03. The van der Waals surface area contributed by atoms with Gasteiger partial charge in [0, 0.05) is 30.8 Å². The Morgan fingerprint density at radius 3 is 2.52 bits per heavy atom. The van der Waals surface area contributed by atoms with E-state index in [-0.39, 0.29) is 5.91 Å². The van der Waals surface area contributed by atoms with Crippen molar-refractivity contribution in [2.45, 2.75) is 25.7 Å². The van der Waals surface area contributed by atoms with Gasteiger partial charge in [0.1, 0.15) is 0 Å². The van der Waals surface area contributed by atoms with Crippen LogP contribution < -0.4 is 15.2 Å². The Hall–Kier alpha value is -1.57. The Morgan fingerprint density at radius 1 is 1.19 bits per heavy atom. The van der Waals surface area contributed by atoms with Gasteiger partial charge in [-0.25, -0.2) is 4.79 Å². The molecule has 6 nitrogen and oxygen atoms in total. The van der Waals surface area contributed by atoms with Crippen LogP contribution in [0.25, 0.3) is 0 Å². The number of nitrogens with one attached hydrogen (secondary N) is 2. The molecule has 1 aromatic rings. The predicted molar refractivity (Wildman–Crippen MR) is 84.7 cm³/mol. The number of unbranched alkanes of at least 4 members (excludes halogenated alkanes) is 2. The summed E-state index contributed by atoms with van der Waals surface area (Å²) >= 11 is 1.11. The average molecular weight is 311 g/mol. The molecule has 1 rings (SSSR count). The maximum absolute atomic E-state index is 11.7. The highest BCUT2D eigenvalue weighted by Crippen LogP contribution is 2.11. The van der Waals surface area contributed by atoms with Crippen LogP contribution in [0.2, 0.25) is 0 Å². The van der Waals surface area contributed by atoms with E-state index in [4.69, 9.17) is 5.14 Å². The summed E-state index contributed by atoms with van der Waals surface area (Å²) in [6.45, 7) is 0.845. The lowest BCUT2D eigenvalue weighted by Gasteiger charge is -2.06. The molecule has 1 aromatic carbocycles. The number of methoxy groups -OCH3 is 1. The fourth-order valence-electron chi connectivity index (χ4n) is 1.75. The van der Waals surface area contributed by atoms with Crippen molar-refractivity contribution in [3.63, 3.8) is 0 Å². The number of amides is 1. The van der Waals surface area contributed by atoms with E-state index in [1.54, 1.807) is 24.3 Å². The van der Waals surface area contributed by atoms with Crippen LogP contribution in [0, 0.1) is 0 Å². The van der Waals surface area contributed by atoms with E-state index in [1.165, 1.54) is 7.11 Å².